The predicted molar refractivity (Wildman–Crippen MR) is 63.8 cm³/mol. The molecule has 3 N–H and O–H groups in total. The Morgan fingerprint density at radius 3 is 2.94 bits per heavy atom. The van der Waals surface area contributed by atoms with E-state index in [0.29, 0.717) is 23.4 Å². The first-order valence-electron chi connectivity index (χ1n) is 5.49. The molecule has 88 valence electrons. The summed E-state index contributed by atoms with van der Waals surface area (Å²) in [5.74, 6) is 0.530. The van der Waals surface area contributed by atoms with Crippen molar-refractivity contribution in [2.75, 3.05) is 5.73 Å². The van der Waals surface area contributed by atoms with Crippen molar-refractivity contribution in [3.8, 4) is 0 Å². The van der Waals surface area contributed by atoms with Gasteiger partial charge in [-0.3, -0.25) is 4.57 Å². The highest BCUT2D eigenvalue weighted by Crippen LogP contribution is 2.29. The maximum atomic E-state index is 9.75. The summed E-state index contributed by atoms with van der Waals surface area (Å²) in [7, 11) is 0. The fourth-order valence-electron chi connectivity index (χ4n) is 2.12. The van der Waals surface area contributed by atoms with Crippen molar-refractivity contribution in [2.24, 2.45) is 5.92 Å². The third kappa shape index (κ3) is 1.49. The van der Waals surface area contributed by atoms with Crippen molar-refractivity contribution in [1.29, 1.82) is 0 Å². The number of nitrogens with two attached hydrogens (primary N) is 1. The first kappa shape index (κ1) is 10.2. The number of nitrogens with zero attached hydrogens (tertiary/aromatic N) is 4. The number of nitrogen functional groups attached to an aromatic ring is 1. The average molecular weight is 231 g/mol. The van der Waals surface area contributed by atoms with Crippen LogP contribution in [0.15, 0.2) is 18.7 Å². The molecule has 0 saturated heterocycles. The van der Waals surface area contributed by atoms with Crippen LogP contribution in [0.5, 0.6) is 0 Å². The Morgan fingerprint density at radius 2 is 2.24 bits per heavy atom. The summed E-state index contributed by atoms with van der Waals surface area (Å²) in [4.78, 5) is 12.3. The van der Waals surface area contributed by atoms with E-state index in [1.54, 1.807) is 6.33 Å². The molecule has 1 aliphatic carbocycles. The number of anilines is 1. The molecular formula is C11H13N5O. The van der Waals surface area contributed by atoms with E-state index in [9.17, 15) is 5.11 Å². The van der Waals surface area contributed by atoms with E-state index in [1.165, 1.54) is 6.33 Å². The third-order valence-corrected chi connectivity index (χ3v) is 3.15. The molecule has 2 atom stereocenters. The maximum absolute atomic E-state index is 9.75. The van der Waals surface area contributed by atoms with E-state index in [4.69, 9.17) is 5.73 Å². The molecule has 0 saturated carbocycles. The van der Waals surface area contributed by atoms with Crippen LogP contribution in [-0.2, 0) is 0 Å². The number of imidazole rings is 1. The fourth-order valence-corrected chi connectivity index (χ4v) is 2.12. The zero-order valence-electron chi connectivity index (χ0n) is 9.41. The predicted octanol–water partition coefficient (Wildman–Crippen LogP) is 0.650. The lowest BCUT2D eigenvalue weighted by atomic mass is 10.1. The zero-order chi connectivity index (χ0) is 12.0. The van der Waals surface area contributed by atoms with Gasteiger partial charge in [0, 0.05) is 18.0 Å². The highest BCUT2D eigenvalue weighted by molar-refractivity contribution is 5.83. The Morgan fingerprint density at radius 1 is 1.41 bits per heavy atom. The monoisotopic (exact) mass is 231 g/mol. The molecule has 3 rings (SSSR count). The Labute approximate surface area is 97.8 Å². The standard InChI is InChI=1S/C11H13N5O/c1-6-2-7(3-8(6)17)16-5-15-9-10(12)13-4-14-11(9)16/h2,4-6,8,17H,3H2,1H3,(H2,12,13,14). The van der Waals surface area contributed by atoms with Crippen molar-refractivity contribution in [1.82, 2.24) is 19.5 Å². The van der Waals surface area contributed by atoms with Gasteiger partial charge in [-0.1, -0.05) is 13.0 Å². The van der Waals surface area contributed by atoms with Crippen LogP contribution in [0.1, 0.15) is 13.3 Å². The van der Waals surface area contributed by atoms with Crippen LogP contribution in [-0.4, -0.2) is 30.7 Å². The third-order valence-electron chi connectivity index (χ3n) is 3.15. The van der Waals surface area contributed by atoms with Crippen LogP contribution in [0, 0.1) is 5.92 Å². The van der Waals surface area contributed by atoms with E-state index >= 15 is 0 Å². The van der Waals surface area contributed by atoms with Crippen LogP contribution in [0.4, 0.5) is 5.82 Å². The minimum absolute atomic E-state index is 0.154. The van der Waals surface area contributed by atoms with Gasteiger partial charge in [-0.25, -0.2) is 15.0 Å². The summed E-state index contributed by atoms with van der Waals surface area (Å²) in [6.07, 6.45) is 5.40. The van der Waals surface area contributed by atoms with E-state index in [-0.39, 0.29) is 12.0 Å². The number of aromatic nitrogens is 4. The molecule has 0 radical (unpaired) electrons. The Hall–Kier alpha value is -1.95. The molecule has 2 aromatic rings. The molecule has 6 nitrogen and oxygen atoms in total. The maximum Gasteiger partial charge on any atom is 0.169 e. The van der Waals surface area contributed by atoms with Crippen molar-refractivity contribution in [3.05, 3.63) is 18.7 Å². The molecule has 17 heavy (non-hydrogen) atoms. The number of aliphatic hydroxyl groups excluding tert-OH is 1. The zero-order valence-corrected chi connectivity index (χ0v) is 9.41. The van der Waals surface area contributed by atoms with Crippen molar-refractivity contribution >= 4 is 22.7 Å². The van der Waals surface area contributed by atoms with E-state index in [1.807, 2.05) is 17.6 Å². The van der Waals surface area contributed by atoms with Gasteiger partial charge in [-0.2, -0.15) is 0 Å². The SMILES string of the molecule is CC1C=C(n2cnc3c(N)ncnc32)CC1O. The van der Waals surface area contributed by atoms with Gasteiger partial charge < -0.3 is 10.8 Å². The smallest absolute Gasteiger partial charge is 0.169 e. The summed E-state index contributed by atoms with van der Waals surface area (Å²) in [5, 5.41) is 9.75. The number of aliphatic hydroxyl groups is 1. The molecule has 2 unspecified atom stereocenters. The molecule has 0 aromatic carbocycles. The van der Waals surface area contributed by atoms with E-state index < -0.39 is 0 Å². The molecule has 2 heterocycles. The van der Waals surface area contributed by atoms with Crippen LogP contribution in [0.2, 0.25) is 0 Å². The molecule has 6 heteroatoms. The largest absolute Gasteiger partial charge is 0.392 e. The fraction of sp³-hybridized carbons (Fsp3) is 0.364. The first-order valence-corrected chi connectivity index (χ1v) is 5.49. The minimum atomic E-state index is -0.332. The summed E-state index contributed by atoms with van der Waals surface area (Å²) in [6.45, 7) is 1.99. The number of hydrogen-bond donors (Lipinski definition) is 2. The highest BCUT2D eigenvalue weighted by Gasteiger charge is 2.24. The lowest BCUT2D eigenvalue weighted by Gasteiger charge is -2.06. The highest BCUT2D eigenvalue weighted by atomic mass is 16.3. The number of hydrogen-bond acceptors (Lipinski definition) is 5. The van der Waals surface area contributed by atoms with E-state index in [2.05, 4.69) is 15.0 Å². The second-order valence-electron chi connectivity index (χ2n) is 4.33. The molecule has 0 spiro atoms. The topological polar surface area (TPSA) is 89.9 Å². The molecule has 2 aromatic heterocycles. The average Bonchev–Trinajstić information content (AvgIpc) is 2.85. The van der Waals surface area contributed by atoms with Crippen LogP contribution < -0.4 is 5.73 Å². The van der Waals surface area contributed by atoms with Crippen LogP contribution >= 0.6 is 0 Å². The molecule has 1 aliphatic rings. The van der Waals surface area contributed by atoms with Gasteiger partial charge >= 0.3 is 0 Å². The van der Waals surface area contributed by atoms with Crippen molar-refractivity contribution < 1.29 is 5.11 Å². The van der Waals surface area contributed by atoms with Crippen molar-refractivity contribution in [3.63, 3.8) is 0 Å². The Bertz CT molecular complexity index is 603. The molecular weight excluding hydrogens is 218 g/mol. The lowest BCUT2D eigenvalue weighted by molar-refractivity contribution is 0.151. The summed E-state index contributed by atoms with van der Waals surface area (Å²) in [5.41, 5.74) is 8.02. The molecule has 0 fully saturated rings. The Balaban J connectivity index is 2.14. The second-order valence-corrected chi connectivity index (χ2v) is 4.33. The number of rotatable bonds is 1. The summed E-state index contributed by atoms with van der Waals surface area (Å²) in [6, 6.07) is 0. The van der Waals surface area contributed by atoms with Gasteiger partial charge in [0.25, 0.3) is 0 Å². The van der Waals surface area contributed by atoms with Gasteiger partial charge in [0.05, 0.1) is 6.10 Å². The van der Waals surface area contributed by atoms with Gasteiger partial charge in [0.15, 0.2) is 17.0 Å². The van der Waals surface area contributed by atoms with Crippen molar-refractivity contribution in [2.45, 2.75) is 19.4 Å². The molecule has 0 amide bonds. The van der Waals surface area contributed by atoms with Crippen LogP contribution in [0.3, 0.4) is 0 Å². The van der Waals surface area contributed by atoms with Gasteiger partial charge in [0.1, 0.15) is 12.7 Å². The Kier molecular flexibility index (Phi) is 2.12. The lowest BCUT2D eigenvalue weighted by Crippen LogP contribution is -2.09. The normalized spacial score (nSPS) is 24.2. The van der Waals surface area contributed by atoms with E-state index in [0.717, 1.165) is 5.70 Å². The summed E-state index contributed by atoms with van der Waals surface area (Å²) < 4.78 is 1.86. The van der Waals surface area contributed by atoms with Gasteiger partial charge in [-0.05, 0) is 0 Å². The summed E-state index contributed by atoms with van der Waals surface area (Å²) >= 11 is 0. The minimum Gasteiger partial charge on any atom is -0.392 e. The first-order chi connectivity index (χ1) is 8.16. The van der Waals surface area contributed by atoms with Gasteiger partial charge in [0.2, 0.25) is 0 Å². The number of fused-ring (bicyclic) bond motifs is 1. The quantitative estimate of drug-likeness (QED) is 0.752. The van der Waals surface area contributed by atoms with Crippen LogP contribution in [0.25, 0.3) is 16.9 Å². The second kappa shape index (κ2) is 3.53. The molecule has 0 bridgehead atoms. The van der Waals surface area contributed by atoms with Gasteiger partial charge in [-0.15, -0.1) is 0 Å². The molecule has 0 aliphatic heterocycles.